The highest BCUT2D eigenvalue weighted by molar-refractivity contribution is 9.10. The second-order valence-corrected chi connectivity index (χ2v) is 7.14. The fraction of sp³-hybridized carbons (Fsp3) is 0.500. The molecule has 2 amide bonds. The first-order chi connectivity index (χ1) is 12.4. The number of amides is 2. The van der Waals surface area contributed by atoms with Crippen molar-refractivity contribution in [3.05, 3.63) is 23.9 Å². The molecule has 27 heavy (non-hydrogen) atoms. The Morgan fingerprint density at radius 3 is 2.44 bits per heavy atom. The van der Waals surface area contributed by atoms with Gasteiger partial charge in [-0.2, -0.15) is 13.2 Å². The minimum absolute atomic E-state index is 0.0418. The van der Waals surface area contributed by atoms with E-state index in [1.54, 1.807) is 17.9 Å². The minimum Gasteiger partial charge on any atom is -0.475 e. The normalized spacial score (nSPS) is 17.6. The molecular weight excluding hydrogens is 435 g/mol. The molecule has 2 atom stereocenters. The van der Waals surface area contributed by atoms with Gasteiger partial charge in [-0.1, -0.05) is 22.0 Å². The van der Waals surface area contributed by atoms with Gasteiger partial charge >= 0.3 is 12.1 Å². The molecule has 0 aromatic carbocycles. The van der Waals surface area contributed by atoms with Crippen LogP contribution >= 0.6 is 15.9 Å². The van der Waals surface area contributed by atoms with Gasteiger partial charge in [0.2, 0.25) is 11.8 Å². The minimum atomic E-state index is -5.08. The lowest BCUT2D eigenvalue weighted by Gasteiger charge is -2.24. The lowest BCUT2D eigenvalue weighted by atomic mass is 10.2. The summed E-state index contributed by atoms with van der Waals surface area (Å²) in [4.78, 5) is 38.9. The number of carbonyl (C=O) groups excluding carboxylic acids is 2. The van der Waals surface area contributed by atoms with Crippen molar-refractivity contribution in [2.45, 2.75) is 43.7 Å². The molecule has 1 fully saturated rings. The van der Waals surface area contributed by atoms with Gasteiger partial charge in [-0.25, -0.2) is 9.78 Å². The second kappa shape index (κ2) is 9.67. The first-order valence-electron chi connectivity index (χ1n) is 7.92. The quantitative estimate of drug-likeness (QED) is 0.685. The van der Waals surface area contributed by atoms with E-state index in [-0.39, 0.29) is 16.6 Å². The van der Waals surface area contributed by atoms with Crippen LogP contribution in [-0.4, -0.2) is 56.4 Å². The average Bonchev–Trinajstić information content (AvgIpc) is 3.03. The summed E-state index contributed by atoms with van der Waals surface area (Å²) in [6.07, 6.45) is -3.53. The van der Waals surface area contributed by atoms with E-state index in [0.717, 1.165) is 12.1 Å². The highest BCUT2D eigenvalue weighted by Crippen LogP contribution is 2.21. The Bertz CT molecular complexity index is 698. The Morgan fingerprint density at radius 2 is 1.96 bits per heavy atom. The van der Waals surface area contributed by atoms with Crippen molar-refractivity contribution in [2.75, 3.05) is 11.9 Å². The number of carboxylic acids is 1. The lowest BCUT2D eigenvalue weighted by Crippen LogP contribution is -2.45. The SMILES string of the molecule is Cc1cccc(NC(=O)[C@@H]2CCCN2C(=O)C(C)Br)n1.O=C(O)C(F)(F)F. The number of aryl methyl sites for hydroxylation is 1. The molecule has 1 aromatic rings. The van der Waals surface area contributed by atoms with E-state index in [2.05, 4.69) is 26.2 Å². The summed E-state index contributed by atoms with van der Waals surface area (Å²) >= 11 is 3.27. The number of carbonyl (C=O) groups is 3. The summed E-state index contributed by atoms with van der Waals surface area (Å²) in [5, 5.41) is 9.91. The molecule has 1 aromatic heterocycles. The van der Waals surface area contributed by atoms with Crippen molar-refractivity contribution >= 4 is 39.5 Å². The van der Waals surface area contributed by atoms with Crippen LogP contribution < -0.4 is 5.32 Å². The van der Waals surface area contributed by atoms with Gasteiger partial charge in [0.25, 0.3) is 0 Å². The number of aliphatic carboxylic acids is 1. The number of anilines is 1. The first-order valence-corrected chi connectivity index (χ1v) is 8.84. The number of alkyl halides is 4. The maximum absolute atomic E-state index is 12.3. The molecule has 0 radical (unpaired) electrons. The molecule has 2 rings (SSSR count). The van der Waals surface area contributed by atoms with Crippen LogP contribution in [0.5, 0.6) is 0 Å². The first kappa shape index (κ1) is 22.9. The number of aromatic nitrogens is 1. The van der Waals surface area contributed by atoms with Crippen LogP contribution in [0.1, 0.15) is 25.5 Å². The number of nitrogens with zero attached hydrogens (tertiary/aromatic N) is 2. The van der Waals surface area contributed by atoms with Crippen LogP contribution in [0, 0.1) is 6.92 Å². The van der Waals surface area contributed by atoms with Crippen molar-refractivity contribution in [1.29, 1.82) is 0 Å². The van der Waals surface area contributed by atoms with Gasteiger partial charge in [-0.3, -0.25) is 9.59 Å². The van der Waals surface area contributed by atoms with Gasteiger partial charge in [0, 0.05) is 12.2 Å². The molecule has 1 aliphatic heterocycles. The Balaban J connectivity index is 0.000000445. The fourth-order valence-corrected chi connectivity index (χ4v) is 2.62. The molecule has 0 spiro atoms. The van der Waals surface area contributed by atoms with E-state index in [4.69, 9.17) is 9.90 Å². The summed E-state index contributed by atoms with van der Waals surface area (Å²) in [6, 6.07) is 5.06. The topological polar surface area (TPSA) is 99.6 Å². The van der Waals surface area contributed by atoms with Crippen LogP contribution in [0.25, 0.3) is 0 Å². The number of carboxylic acid groups (broad SMARTS) is 1. The number of halogens is 4. The van der Waals surface area contributed by atoms with E-state index in [1.165, 1.54) is 0 Å². The highest BCUT2D eigenvalue weighted by Gasteiger charge is 2.38. The molecule has 1 saturated heterocycles. The van der Waals surface area contributed by atoms with Crippen molar-refractivity contribution < 1.29 is 32.7 Å². The van der Waals surface area contributed by atoms with E-state index < -0.39 is 18.2 Å². The van der Waals surface area contributed by atoms with Crippen LogP contribution in [0.2, 0.25) is 0 Å². The maximum atomic E-state index is 12.3. The van der Waals surface area contributed by atoms with Gasteiger partial charge in [-0.05, 0) is 38.8 Å². The van der Waals surface area contributed by atoms with Crippen LogP contribution in [0.15, 0.2) is 18.2 Å². The monoisotopic (exact) mass is 453 g/mol. The van der Waals surface area contributed by atoms with Gasteiger partial charge in [-0.15, -0.1) is 0 Å². The van der Waals surface area contributed by atoms with E-state index in [1.807, 2.05) is 19.1 Å². The zero-order chi connectivity index (χ0) is 20.8. The summed E-state index contributed by atoms with van der Waals surface area (Å²) in [5.74, 6) is -2.43. The van der Waals surface area contributed by atoms with Crippen molar-refractivity contribution in [3.8, 4) is 0 Å². The summed E-state index contributed by atoms with van der Waals surface area (Å²) in [7, 11) is 0. The van der Waals surface area contributed by atoms with Crippen molar-refractivity contribution in [1.82, 2.24) is 9.88 Å². The predicted molar refractivity (Wildman–Crippen MR) is 94.4 cm³/mol. The largest absolute Gasteiger partial charge is 0.490 e. The Hall–Kier alpha value is -2.17. The van der Waals surface area contributed by atoms with Crippen molar-refractivity contribution in [2.24, 2.45) is 0 Å². The molecule has 1 unspecified atom stereocenters. The van der Waals surface area contributed by atoms with Crippen LogP contribution in [0.3, 0.4) is 0 Å². The molecule has 11 heteroatoms. The number of nitrogens with one attached hydrogen (secondary N) is 1. The predicted octanol–water partition coefficient (Wildman–Crippen LogP) is 2.74. The second-order valence-electron chi connectivity index (χ2n) is 5.76. The van der Waals surface area contributed by atoms with E-state index >= 15 is 0 Å². The number of hydrogen-bond donors (Lipinski definition) is 2. The van der Waals surface area contributed by atoms with Gasteiger partial charge in [0.15, 0.2) is 0 Å². The van der Waals surface area contributed by atoms with Gasteiger partial charge < -0.3 is 15.3 Å². The average molecular weight is 454 g/mol. The van der Waals surface area contributed by atoms with Crippen LogP contribution in [-0.2, 0) is 14.4 Å². The third-order valence-electron chi connectivity index (χ3n) is 3.56. The van der Waals surface area contributed by atoms with Gasteiger partial charge in [0.05, 0.1) is 4.83 Å². The third-order valence-corrected chi connectivity index (χ3v) is 3.95. The Labute approximate surface area is 162 Å². The smallest absolute Gasteiger partial charge is 0.475 e. The molecule has 1 aliphatic rings. The van der Waals surface area contributed by atoms with Gasteiger partial charge in [0.1, 0.15) is 11.9 Å². The molecule has 0 aliphatic carbocycles. The van der Waals surface area contributed by atoms with E-state index in [9.17, 15) is 22.8 Å². The Kier molecular flexibility index (Phi) is 8.20. The maximum Gasteiger partial charge on any atom is 0.490 e. The molecule has 2 heterocycles. The molecule has 150 valence electrons. The standard InChI is InChI=1S/C14H18BrN3O2.C2HF3O2/c1-9-5-3-7-12(16-9)17-13(19)11-6-4-8-18(11)14(20)10(2)15;3-2(4,5)1(6)7/h3,5,7,10-11H,4,6,8H2,1-2H3,(H,16,17,19);(H,6,7)/t10?,11-;/m0./s1. The highest BCUT2D eigenvalue weighted by atomic mass is 79.9. The zero-order valence-corrected chi connectivity index (χ0v) is 16.2. The molecule has 0 saturated carbocycles. The summed E-state index contributed by atoms with van der Waals surface area (Å²) < 4.78 is 31.7. The lowest BCUT2D eigenvalue weighted by molar-refractivity contribution is -0.192. The number of likely N-dealkylation sites (tertiary alicyclic amines) is 1. The van der Waals surface area contributed by atoms with Crippen molar-refractivity contribution in [3.63, 3.8) is 0 Å². The summed E-state index contributed by atoms with van der Waals surface area (Å²) in [6.45, 7) is 4.28. The van der Waals surface area contributed by atoms with E-state index in [0.29, 0.717) is 18.8 Å². The van der Waals surface area contributed by atoms with Crippen LogP contribution in [0.4, 0.5) is 19.0 Å². The zero-order valence-electron chi connectivity index (χ0n) is 14.6. The summed E-state index contributed by atoms with van der Waals surface area (Å²) in [5.41, 5.74) is 0.844. The fourth-order valence-electron chi connectivity index (χ4n) is 2.35. The number of pyridine rings is 1. The molecule has 2 N–H and O–H groups in total. The molecule has 7 nitrogen and oxygen atoms in total. The third kappa shape index (κ3) is 7.16. The number of hydrogen-bond acceptors (Lipinski definition) is 4. The number of rotatable bonds is 3. The molecule has 0 bridgehead atoms. The Morgan fingerprint density at radius 1 is 1.37 bits per heavy atom. The molecular formula is C16H19BrF3N3O4.